The highest BCUT2D eigenvalue weighted by molar-refractivity contribution is 9.10. The standard InChI is InChI=1S/C18H20BrNO2/c1-13-9-10-16(14(2)12-13)20-18(21)8-5-11-22-17-7-4-3-6-15(17)19/h3-4,6-7,9-10,12H,5,8,11H2,1-2H3,(H,20,21). The highest BCUT2D eigenvalue weighted by Crippen LogP contribution is 2.24. The van der Waals surface area contributed by atoms with Crippen LogP contribution >= 0.6 is 15.9 Å². The normalized spacial score (nSPS) is 10.3. The van der Waals surface area contributed by atoms with Crippen LogP contribution in [0.1, 0.15) is 24.0 Å². The molecule has 2 aromatic carbocycles. The van der Waals surface area contributed by atoms with E-state index in [-0.39, 0.29) is 5.91 Å². The zero-order valence-corrected chi connectivity index (χ0v) is 14.4. The summed E-state index contributed by atoms with van der Waals surface area (Å²) >= 11 is 3.43. The zero-order chi connectivity index (χ0) is 15.9. The van der Waals surface area contributed by atoms with Crippen LogP contribution < -0.4 is 10.1 Å². The Labute approximate surface area is 139 Å². The molecular formula is C18H20BrNO2. The molecule has 0 saturated carbocycles. The van der Waals surface area contributed by atoms with E-state index in [0.29, 0.717) is 19.4 Å². The monoisotopic (exact) mass is 361 g/mol. The fourth-order valence-electron chi connectivity index (χ4n) is 2.14. The Hall–Kier alpha value is -1.81. The number of ether oxygens (including phenoxy) is 1. The summed E-state index contributed by atoms with van der Waals surface area (Å²) in [5, 5.41) is 2.94. The number of para-hydroxylation sites is 1. The van der Waals surface area contributed by atoms with Crippen molar-refractivity contribution in [2.45, 2.75) is 26.7 Å². The van der Waals surface area contributed by atoms with Crippen molar-refractivity contribution in [1.82, 2.24) is 0 Å². The summed E-state index contributed by atoms with van der Waals surface area (Å²) in [4.78, 5) is 12.0. The first kappa shape index (κ1) is 16.6. The summed E-state index contributed by atoms with van der Waals surface area (Å²) < 4.78 is 6.58. The number of carbonyl (C=O) groups is 1. The van der Waals surface area contributed by atoms with Gasteiger partial charge in [0, 0.05) is 12.1 Å². The average molecular weight is 362 g/mol. The van der Waals surface area contributed by atoms with Gasteiger partial charge in [-0.25, -0.2) is 0 Å². The molecule has 0 aliphatic heterocycles. The molecule has 0 bridgehead atoms. The van der Waals surface area contributed by atoms with Crippen molar-refractivity contribution in [1.29, 1.82) is 0 Å². The number of nitrogens with one attached hydrogen (secondary N) is 1. The molecule has 0 radical (unpaired) electrons. The maximum atomic E-state index is 12.0. The molecule has 0 spiro atoms. The highest BCUT2D eigenvalue weighted by Gasteiger charge is 2.05. The number of hydrogen-bond donors (Lipinski definition) is 1. The molecule has 2 aromatic rings. The van der Waals surface area contributed by atoms with Gasteiger partial charge < -0.3 is 10.1 Å². The summed E-state index contributed by atoms with van der Waals surface area (Å²) in [5.74, 6) is 0.819. The average Bonchev–Trinajstić information content (AvgIpc) is 2.48. The van der Waals surface area contributed by atoms with Gasteiger partial charge in [-0.05, 0) is 60.0 Å². The minimum Gasteiger partial charge on any atom is -0.492 e. The van der Waals surface area contributed by atoms with Gasteiger partial charge in [-0.3, -0.25) is 4.79 Å². The molecule has 1 N–H and O–H groups in total. The largest absolute Gasteiger partial charge is 0.492 e. The van der Waals surface area contributed by atoms with Crippen LogP contribution in [-0.2, 0) is 4.79 Å². The van der Waals surface area contributed by atoms with Crippen molar-refractivity contribution >= 4 is 27.5 Å². The van der Waals surface area contributed by atoms with Crippen LogP contribution in [0.15, 0.2) is 46.9 Å². The van der Waals surface area contributed by atoms with E-state index in [1.54, 1.807) is 0 Å². The Kier molecular flexibility index (Phi) is 6.01. The fraction of sp³-hybridized carbons (Fsp3) is 0.278. The lowest BCUT2D eigenvalue weighted by atomic mass is 10.1. The molecule has 4 heteroatoms. The third-order valence-electron chi connectivity index (χ3n) is 3.30. The fourth-order valence-corrected chi connectivity index (χ4v) is 2.54. The van der Waals surface area contributed by atoms with Crippen LogP contribution in [0, 0.1) is 13.8 Å². The van der Waals surface area contributed by atoms with Crippen molar-refractivity contribution in [3.8, 4) is 5.75 Å². The number of halogens is 1. The Morgan fingerprint density at radius 2 is 1.95 bits per heavy atom. The molecule has 0 saturated heterocycles. The predicted molar refractivity (Wildman–Crippen MR) is 93.4 cm³/mol. The van der Waals surface area contributed by atoms with E-state index in [2.05, 4.69) is 27.3 Å². The number of rotatable bonds is 6. The van der Waals surface area contributed by atoms with Gasteiger partial charge in [-0.1, -0.05) is 29.8 Å². The Morgan fingerprint density at radius 3 is 2.68 bits per heavy atom. The van der Waals surface area contributed by atoms with Crippen molar-refractivity contribution < 1.29 is 9.53 Å². The lowest BCUT2D eigenvalue weighted by molar-refractivity contribution is -0.116. The van der Waals surface area contributed by atoms with Gasteiger partial charge in [-0.15, -0.1) is 0 Å². The first-order chi connectivity index (χ1) is 10.6. The number of aryl methyl sites for hydroxylation is 2. The summed E-state index contributed by atoms with van der Waals surface area (Å²) in [5.41, 5.74) is 3.15. The van der Waals surface area contributed by atoms with Crippen LogP contribution in [0.4, 0.5) is 5.69 Å². The van der Waals surface area contributed by atoms with Crippen LogP contribution in [0.3, 0.4) is 0 Å². The lowest BCUT2D eigenvalue weighted by Gasteiger charge is -2.10. The maximum Gasteiger partial charge on any atom is 0.224 e. The number of benzene rings is 2. The molecule has 0 unspecified atom stereocenters. The molecule has 116 valence electrons. The molecule has 22 heavy (non-hydrogen) atoms. The highest BCUT2D eigenvalue weighted by atomic mass is 79.9. The molecule has 0 aromatic heterocycles. The quantitative estimate of drug-likeness (QED) is 0.745. The van der Waals surface area contributed by atoms with E-state index >= 15 is 0 Å². The number of carbonyl (C=O) groups excluding carboxylic acids is 1. The predicted octanol–water partition coefficient (Wildman–Crippen LogP) is 4.86. The molecule has 1 amide bonds. The molecule has 0 aliphatic rings. The number of anilines is 1. The van der Waals surface area contributed by atoms with Gasteiger partial charge in [0.2, 0.25) is 5.91 Å². The molecule has 0 heterocycles. The number of hydrogen-bond acceptors (Lipinski definition) is 2. The van der Waals surface area contributed by atoms with Crippen LogP contribution in [0.2, 0.25) is 0 Å². The molecular weight excluding hydrogens is 342 g/mol. The minimum absolute atomic E-state index is 0.0164. The van der Waals surface area contributed by atoms with Gasteiger partial charge >= 0.3 is 0 Å². The second-order valence-electron chi connectivity index (χ2n) is 5.25. The topological polar surface area (TPSA) is 38.3 Å². The Morgan fingerprint density at radius 1 is 1.18 bits per heavy atom. The second kappa shape index (κ2) is 7.99. The maximum absolute atomic E-state index is 12.0. The van der Waals surface area contributed by atoms with E-state index in [9.17, 15) is 4.79 Å². The van der Waals surface area contributed by atoms with E-state index < -0.39 is 0 Å². The van der Waals surface area contributed by atoms with E-state index in [0.717, 1.165) is 21.5 Å². The lowest BCUT2D eigenvalue weighted by Crippen LogP contribution is -2.13. The van der Waals surface area contributed by atoms with Crippen molar-refractivity contribution in [3.63, 3.8) is 0 Å². The van der Waals surface area contributed by atoms with Gasteiger partial charge in [0.1, 0.15) is 5.75 Å². The summed E-state index contributed by atoms with van der Waals surface area (Å²) in [6.45, 7) is 4.55. The second-order valence-corrected chi connectivity index (χ2v) is 6.10. The van der Waals surface area contributed by atoms with E-state index in [1.807, 2.05) is 50.2 Å². The molecule has 0 atom stereocenters. The van der Waals surface area contributed by atoms with Crippen LogP contribution in [0.25, 0.3) is 0 Å². The van der Waals surface area contributed by atoms with E-state index in [4.69, 9.17) is 4.74 Å². The first-order valence-corrected chi connectivity index (χ1v) is 8.10. The third kappa shape index (κ3) is 4.88. The third-order valence-corrected chi connectivity index (χ3v) is 3.95. The minimum atomic E-state index is 0.0164. The summed E-state index contributed by atoms with van der Waals surface area (Å²) in [6.07, 6.45) is 1.12. The first-order valence-electron chi connectivity index (χ1n) is 7.30. The van der Waals surface area contributed by atoms with Gasteiger partial charge in [-0.2, -0.15) is 0 Å². The van der Waals surface area contributed by atoms with Gasteiger partial charge in [0.15, 0.2) is 0 Å². The Balaban J connectivity index is 1.75. The molecule has 2 rings (SSSR count). The Bertz CT molecular complexity index is 655. The smallest absolute Gasteiger partial charge is 0.224 e. The molecule has 3 nitrogen and oxygen atoms in total. The van der Waals surface area contributed by atoms with Crippen molar-refractivity contribution in [3.05, 3.63) is 58.1 Å². The van der Waals surface area contributed by atoms with Crippen molar-refractivity contribution in [2.24, 2.45) is 0 Å². The summed E-state index contributed by atoms with van der Waals surface area (Å²) in [7, 11) is 0. The molecule has 0 fully saturated rings. The zero-order valence-electron chi connectivity index (χ0n) is 12.9. The van der Waals surface area contributed by atoms with Gasteiger partial charge in [0.25, 0.3) is 0 Å². The van der Waals surface area contributed by atoms with E-state index in [1.165, 1.54) is 5.56 Å². The summed E-state index contributed by atoms with van der Waals surface area (Å²) in [6, 6.07) is 13.7. The van der Waals surface area contributed by atoms with Crippen molar-refractivity contribution in [2.75, 3.05) is 11.9 Å². The SMILES string of the molecule is Cc1ccc(NC(=O)CCCOc2ccccc2Br)c(C)c1. The van der Waals surface area contributed by atoms with Crippen LogP contribution in [-0.4, -0.2) is 12.5 Å². The molecule has 0 aliphatic carbocycles. The number of amides is 1. The van der Waals surface area contributed by atoms with Gasteiger partial charge in [0.05, 0.1) is 11.1 Å². The van der Waals surface area contributed by atoms with Crippen LogP contribution in [0.5, 0.6) is 5.75 Å².